The smallest absolute Gasteiger partial charge is 0.164 e. The Morgan fingerprint density at radius 1 is 0.654 bits per heavy atom. The SMILES string of the molecule is CCCCCCCCCCC/C=C\[C@H](OCc1ccccc1)[C@H]1OC(C)(C)O[C@H]1[C@H](O)COC(c1ccccc1)(c1ccccc1)c1ccccc1. The number of rotatable bonds is 22. The number of allylic oxidation sites excluding steroid dienone is 1. The van der Waals surface area contributed by atoms with Crippen molar-refractivity contribution >= 4 is 0 Å². The van der Waals surface area contributed by atoms with Crippen LogP contribution in [0.2, 0.25) is 0 Å². The van der Waals surface area contributed by atoms with E-state index in [2.05, 4.69) is 67.6 Å². The van der Waals surface area contributed by atoms with Crippen LogP contribution in [-0.4, -0.2) is 41.9 Å². The number of aliphatic hydroxyl groups is 1. The molecule has 1 aliphatic heterocycles. The van der Waals surface area contributed by atoms with E-state index in [1.165, 1.54) is 51.4 Å². The highest BCUT2D eigenvalue weighted by Crippen LogP contribution is 2.41. The Balaban J connectivity index is 1.33. The standard InChI is InChI=1S/C47H60O5/c1-4-5-6-7-8-9-10-11-12-13-26-35-43(49-36-38-27-18-14-19-28-38)45-44(51-46(2,3)52-45)42(48)37-50-47(39-29-20-15-21-30-39,40-31-22-16-23-32-40)41-33-24-17-25-34-41/h14-35,42-45,48H,4-13,36-37H2,1-3H3/b35-26-/t42-,43+,44+,45-/m1/s1. The van der Waals surface area contributed by atoms with Crippen LogP contribution >= 0.6 is 0 Å². The van der Waals surface area contributed by atoms with Crippen LogP contribution in [0.1, 0.15) is 107 Å². The predicted octanol–water partition coefficient (Wildman–Crippen LogP) is 10.9. The molecule has 1 heterocycles. The highest BCUT2D eigenvalue weighted by molar-refractivity contribution is 5.47. The molecule has 1 fully saturated rings. The summed E-state index contributed by atoms with van der Waals surface area (Å²) in [5.41, 5.74) is 3.04. The van der Waals surface area contributed by atoms with Crippen LogP contribution in [0.4, 0.5) is 0 Å². The van der Waals surface area contributed by atoms with Crippen molar-refractivity contribution in [3.63, 3.8) is 0 Å². The van der Waals surface area contributed by atoms with Crippen molar-refractivity contribution in [2.24, 2.45) is 0 Å². The van der Waals surface area contributed by atoms with E-state index in [9.17, 15) is 5.11 Å². The lowest BCUT2D eigenvalue weighted by Gasteiger charge is -2.37. The zero-order chi connectivity index (χ0) is 36.5. The van der Waals surface area contributed by atoms with Crippen molar-refractivity contribution in [1.29, 1.82) is 0 Å². The number of benzene rings is 4. The first kappa shape index (κ1) is 39.6. The molecule has 1 saturated heterocycles. The van der Waals surface area contributed by atoms with Gasteiger partial charge < -0.3 is 24.1 Å². The average molecular weight is 705 g/mol. The average Bonchev–Trinajstić information content (AvgIpc) is 3.51. The van der Waals surface area contributed by atoms with Crippen molar-refractivity contribution in [3.8, 4) is 0 Å². The van der Waals surface area contributed by atoms with Crippen LogP contribution in [-0.2, 0) is 31.2 Å². The minimum Gasteiger partial charge on any atom is -0.388 e. The third kappa shape index (κ3) is 11.2. The second-order valence-electron chi connectivity index (χ2n) is 14.5. The van der Waals surface area contributed by atoms with Gasteiger partial charge in [-0.2, -0.15) is 0 Å². The van der Waals surface area contributed by atoms with E-state index in [1.54, 1.807) is 0 Å². The Morgan fingerprint density at radius 3 is 1.63 bits per heavy atom. The normalized spacial score (nSPS) is 18.5. The summed E-state index contributed by atoms with van der Waals surface area (Å²) < 4.78 is 26.6. The Kier molecular flexibility index (Phi) is 15.7. The Morgan fingerprint density at radius 2 is 1.12 bits per heavy atom. The quantitative estimate of drug-likeness (QED) is 0.0501. The summed E-state index contributed by atoms with van der Waals surface area (Å²) in [7, 11) is 0. The molecule has 5 nitrogen and oxygen atoms in total. The summed E-state index contributed by atoms with van der Waals surface area (Å²) in [6.07, 6.45) is 14.3. The molecule has 1 aliphatic rings. The molecule has 0 bridgehead atoms. The largest absolute Gasteiger partial charge is 0.388 e. The zero-order valence-electron chi connectivity index (χ0n) is 31.6. The van der Waals surface area contributed by atoms with Crippen molar-refractivity contribution in [1.82, 2.24) is 0 Å². The van der Waals surface area contributed by atoms with Gasteiger partial charge in [0.25, 0.3) is 0 Å². The fraction of sp³-hybridized carbons (Fsp3) is 0.447. The van der Waals surface area contributed by atoms with E-state index in [0.717, 1.165) is 35.1 Å². The first-order chi connectivity index (χ1) is 25.4. The van der Waals surface area contributed by atoms with E-state index in [-0.39, 0.29) is 6.61 Å². The minimum absolute atomic E-state index is 0.00680. The van der Waals surface area contributed by atoms with Crippen molar-refractivity contribution in [2.45, 2.75) is 127 Å². The fourth-order valence-electron chi connectivity index (χ4n) is 7.27. The summed E-state index contributed by atoms with van der Waals surface area (Å²) in [5, 5.41) is 12.0. The van der Waals surface area contributed by atoms with Gasteiger partial charge >= 0.3 is 0 Å². The van der Waals surface area contributed by atoms with Crippen LogP contribution in [0.3, 0.4) is 0 Å². The highest BCUT2D eigenvalue weighted by atomic mass is 16.8. The van der Waals surface area contributed by atoms with Gasteiger partial charge in [0, 0.05) is 0 Å². The van der Waals surface area contributed by atoms with Crippen molar-refractivity contribution in [2.75, 3.05) is 6.61 Å². The fourth-order valence-corrected chi connectivity index (χ4v) is 7.27. The predicted molar refractivity (Wildman–Crippen MR) is 211 cm³/mol. The third-order valence-electron chi connectivity index (χ3n) is 9.96. The zero-order valence-corrected chi connectivity index (χ0v) is 31.6. The number of hydrogen-bond donors (Lipinski definition) is 1. The molecule has 0 aliphatic carbocycles. The molecular weight excluding hydrogens is 645 g/mol. The second-order valence-corrected chi connectivity index (χ2v) is 14.5. The van der Waals surface area contributed by atoms with Crippen LogP contribution in [0, 0.1) is 0 Å². The molecule has 5 rings (SSSR count). The molecule has 0 spiro atoms. The molecule has 0 aromatic heterocycles. The van der Waals surface area contributed by atoms with Crippen molar-refractivity contribution < 1.29 is 24.1 Å². The summed E-state index contributed by atoms with van der Waals surface area (Å²) in [6.45, 7) is 6.50. The number of aliphatic hydroxyl groups excluding tert-OH is 1. The molecule has 4 aromatic carbocycles. The van der Waals surface area contributed by atoms with Crippen LogP contribution in [0.15, 0.2) is 133 Å². The summed E-state index contributed by atoms with van der Waals surface area (Å²) in [6, 6.07) is 40.9. The molecular formula is C47H60O5. The van der Waals surface area contributed by atoms with E-state index >= 15 is 0 Å². The van der Waals surface area contributed by atoms with Gasteiger partial charge in [0.2, 0.25) is 0 Å². The third-order valence-corrected chi connectivity index (χ3v) is 9.96. The molecule has 0 amide bonds. The molecule has 1 N–H and O–H groups in total. The lowest BCUT2D eigenvalue weighted by atomic mass is 9.80. The molecule has 52 heavy (non-hydrogen) atoms. The van der Waals surface area contributed by atoms with E-state index in [1.807, 2.05) is 86.6 Å². The second kappa shape index (κ2) is 20.6. The number of unbranched alkanes of at least 4 members (excludes halogenated alkanes) is 9. The van der Waals surface area contributed by atoms with Crippen LogP contribution in [0.25, 0.3) is 0 Å². The molecule has 4 aromatic rings. The Bertz CT molecular complexity index is 1460. The van der Waals surface area contributed by atoms with Gasteiger partial charge in [-0.05, 0) is 48.9 Å². The molecule has 0 saturated carbocycles. The summed E-state index contributed by atoms with van der Waals surface area (Å²) in [4.78, 5) is 0. The van der Waals surface area contributed by atoms with Gasteiger partial charge in [-0.1, -0.05) is 192 Å². The van der Waals surface area contributed by atoms with Gasteiger partial charge in [0.1, 0.15) is 30.0 Å². The van der Waals surface area contributed by atoms with E-state index < -0.39 is 35.8 Å². The maximum absolute atomic E-state index is 12.0. The lowest BCUT2D eigenvalue weighted by molar-refractivity contribution is -0.165. The van der Waals surface area contributed by atoms with E-state index in [4.69, 9.17) is 18.9 Å². The first-order valence-electron chi connectivity index (χ1n) is 19.6. The number of ether oxygens (including phenoxy) is 4. The summed E-state index contributed by atoms with van der Waals surface area (Å²) >= 11 is 0. The molecule has 0 radical (unpaired) electrons. The minimum atomic E-state index is -1.00. The van der Waals surface area contributed by atoms with Gasteiger partial charge in [-0.3, -0.25) is 0 Å². The van der Waals surface area contributed by atoms with Gasteiger partial charge in [-0.15, -0.1) is 0 Å². The maximum Gasteiger partial charge on any atom is 0.164 e. The molecule has 4 atom stereocenters. The van der Waals surface area contributed by atoms with Gasteiger partial charge in [-0.25, -0.2) is 0 Å². The Labute approximate surface area is 313 Å². The van der Waals surface area contributed by atoms with Gasteiger partial charge in [0.15, 0.2) is 5.79 Å². The molecule has 0 unspecified atom stereocenters. The van der Waals surface area contributed by atoms with Crippen molar-refractivity contribution in [3.05, 3.63) is 156 Å². The number of hydrogen-bond acceptors (Lipinski definition) is 5. The van der Waals surface area contributed by atoms with E-state index in [0.29, 0.717) is 6.61 Å². The van der Waals surface area contributed by atoms with Gasteiger partial charge in [0.05, 0.1) is 13.2 Å². The summed E-state index contributed by atoms with van der Waals surface area (Å²) in [5.74, 6) is -0.912. The highest BCUT2D eigenvalue weighted by Gasteiger charge is 2.49. The maximum atomic E-state index is 12.0. The molecule has 5 heteroatoms. The van der Waals surface area contributed by atoms with Crippen LogP contribution in [0.5, 0.6) is 0 Å². The molecule has 278 valence electrons. The van der Waals surface area contributed by atoms with Crippen LogP contribution < -0.4 is 0 Å². The lowest BCUT2D eigenvalue weighted by Crippen LogP contribution is -2.46. The topological polar surface area (TPSA) is 57.2 Å². The monoisotopic (exact) mass is 704 g/mol. The Hall–Kier alpha value is -3.58. The first-order valence-corrected chi connectivity index (χ1v) is 19.6.